The van der Waals surface area contributed by atoms with E-state index in [1.165, 1.54) is 64.2 Å². The predicted octanol–water partition coefficient (Wildman–Crippen LogP) is 7.33. The van der Waals surface area contributed by atoms with E-state index < -0.39 is 0 Å². The summed E-state index contributed by atoms with van der Waals surface area (Å²) in [5.41, 5.74) is 0.531. The highest BCUT2D eigenvalue weighted by Gasteiger charge is 2.57. The van der Waals surface area contributed by atoms with Crippen LogP contribution < -0.4 is 0 Å². The Bertz CT molecular complexity index is 455. The molecular weight excluding hydrogens is 328 g/mol. The Hall–Kier alpha value is -0.0400. The van der Waals surface area contributed by atoms with Crippen LogP contribution in [0.4, 0.5) is 0 Å². The minimum atomic E-state index is 0.392. The van der Waals surface area contributed by atoms with Gasteiger partial charge in [0, 0.05) is 6.61 Å². The van der Waals surface area contributed by atoms with Gasteiger partial charge in [-0.25, -0.2) is 0 Å². The zero-order chi connectivity index (χ0) is 19.6. The molecule has 1 N–H and O–H groups in total. The van der Waals surface area contributed by atoms with Crippen molar-refractivity contribution in [1.82, 2.24) is 0 Å². The second kappa shape index (κ2) is 9.19. The summed E-state index contributed by atoms with van der Waals surface area (Å²) in [6.07, 6.45) is 16.4. The summed E-state index contributed by atoms with van der Waals surface area (Å²) >= 11 is 0. The van der Waals surface area contributed by atoms with Crippen LogP contribution in [0.15, 0.2) is 0 Å². The van der Waals surface area contributed by atoms with Gasteiger partial charge in [0.1, 0.15) is 0 Å². The van der Waals surface area contributed by atoms with Crippen LogP contribution in [0.3, 0.4) is 0 Å². The van der Waals surface area contributed by atoms with E-state index in [2.05, 4.69) is 20.8 Å². The van der Waals surface area contributed by atoms with Crippen LogP contribution in [0.5, 0.6) is 0 Å². The Morgan fingerprint density at radius 2 is 1.70 bits per heavy atom. The fourth-order valence-corrected chi connectivity index (χ4v) is 8.19. The molecular formula is C26H48O. The molecule has 0 bridgehead atoms. The predicted molar refractivity (Wildman–Crippen MR) is 117 cm³/mol. The molecule has 4 aliphatic rings. The van der Waals surface area contributed by atoms with Crippen molar-refractivity contribution in [2.24, 2.45) is 52.8 Å². The van der Waals surface area contributed by atoms with Gasteiger partial charge < -0.3 is 5.11 Å². The van der Waals surface area contributed by atoms with Gasteiger partial charge in [-0.3, -0.25) is 0 Å². The highest BCUT2D eigenvalue weighted by atomic mass is 16.3. The average Bonchev–Trinajstić information content (AvgIpc) is 3.43. The van der Waals surface area contributed by atoms with Crippen LogP contribution in [0.2, 0.25) is 0 Å². The standard InChI is InChI=1S/C24H42O.C2H6/c1-4-5-19-18(14-17-6-7-17)8-9-21-20(19)12-13-24(3)22(16(2)15-25)10-11-23(21)24;1-2/h16-23,25H,4-15H2,1-3H3;1-2H3. The summed E-state index contributed by atoms with van der Waals surface area (Å²) in [4.78, 5) is 0. The molecule has 0 saturated heterocycles. The van der Waals surface area contributed by atoms with E-state index in [4.69, 9.17) is 0 Å². The van der Waals surface area contributed by atoms with Gasteiger partial charge in [0.05, 0.1) is 0 Å². The van der Waals surface area contributed by atoms with Gasteiger partial charge in [-0.2, -0.15) is 0 Å². The molecule has 4 aliphatic carbocycles. The summed E-state index contributed by atoms with van der Waals surface area (Å²) in [5.74, 6) is 7.51. The topological polar surface area (TPSA) is 20.2 Å². The minimum Gasteiger partial charge on any atom is -0.396 e. The quantitative estimate of drug-likeness (QED) is 0.514. The summed E-state index contributed by atoms with van der Waals surface area (Å²) < 4.78 is 0. The molecule has 0 aliphatic heterocycles. The number of hydrogen-bond donors (Lipinski definition) is 1. The first-order valence-electron chi connectivity index (χ1n) is 12.7. The molecule has 8 atom stereocenters. The van der Waals surface area contributed by atoms with Gasteiger partial charge in [0.2, 0.25) is 0 Å². The zero-order valence-corrected chi connectivity index (χ0v) is 19.1. The highest BCUT2D eigenvalue weighted by molar-refractivity contribution is 5.06. The van der Waals surface area contributed by atoms with Crippen molar-refractivity contribution in [3.63, 3.8) is 0 Å². The summed E-state index contributed by atoms with van der Waals surface area (Å²) in [6, 6.07) is 0. The Morgan fingerprint density at radius 1 is 0.963 bits per heavy atom. The maximum absolute atomic E-state index is 9.77. The van der Waals surface area contributed by atoms with E-state index in [1.807, 2.05) is 13.8 Å². The molecule has 0 heterocycles. The number of fused-ring (bicyclic) bond motifs is 3. The monoisotopic (exact) mass is 376 g/mol. The van der Waals surface area contributed by atoms with Crippen LogP contribution in [-0.4, -0.2) is 11.7 Å². The average molecular weight is 377 g/mol. The van der Waals surface area contributed by atoms with Gasteiger partial charge in [-0.15, -0.1) is 0 Å². The third-order valence-corrected chi connectivity index (χ3v) is 9.52. The van der Waals surface area contributed by atoms with Crippen LogP contribution in [0.25, 0.3) is 0 Å². The molecule has 27 heavy (non-hydrogen) atoms. The van der Waals surface area contributed by atoms with Crippen molar-refractivity contribution in [1.29, 1.82) is 0 Å². The molecule has 0 aromatic heterocycles. The third kappa shape index (κ3) is 4.15. The van der Waals surface area contributed by atoms with E-state index in [-0.39, 0.29) is 0 Å². The van der Waals surface area contributed by atoms with Crippen molar-refractivity contribution in [3.8, 4) is 0 Å². The van der Waals surface area contributed by atoms with E-state index in [1.54, 1.807) is 6.42 Å². The Morgan fingerprint density at radius 3 is 2.33 bits per heavy atom. The number of aliphatic hydroxyl groups is 1. The van der Waals surface area contributed by atoms with Crippen LogP contribution in [-0.2, 0) is 0 Å². The van der Waals surface area contributed by atoms with Gasteiger partial charge in [0.15, 0.2) is 0 Å². The maximum Gasteiger partial charge on any atom is 0.0459 e. The minimum absolute atomic E-state index is 0.392. The van der Waals surface area contributed by atoms with Gasteiger partial charge in [-0.05, 0) is 97.7 Å². The lowest BCUT2D eigenvalue weighted by Gasteiger charge is -2.55. The van der Waals surface area contributed by atoms with E-state index in [9.17, 15) is 5.11 Å². The molecule has 4 rings (SSSR count). The molecule has 4 fully saturated rings. The number of rotatable bonds is 6. The SMILES string of the molecule is CC.CCCC1C(CC2CC2)CCC2C1CCC1(C)C(C(C)CO)CCC21. The van der Waals surface area contributed by atoms with Crippen molar-refractivity contribution in [3.05, 3.63) is 0 Å². The molecule has 1 heteroatoms. The third-order valence-electron chi connectivity index (χ3n) is 9.52. The molecule has 0 spiro atoms. The van der Waals surface area contributed by atoms with Crippen LogP contribution >= 0.6 is 0 Å². The summed E-state index contributed by atoms with van der Waals surface area (Å²) in [7, 11) is 0. The summed E-state index contributed by atoms with van der Waals surface area (Å²) in [5, 5.41) is 9.77. The fraction of sp³-hybridized carbons (Fsp3) is 1.00. The van der Waals surface area contributed by atoms with Crippen molar-refractivity contribution in [2.75, 3.05) is 6.61 Å². The molecule has 4 saturated carbocycles. The Kier molecular flexibility index (Phi) is 7.37. The molecule has 0 aromatic rings. The van der Waals surface area contributed by atoms with Crippen molar-refractivity contribution in [2.45, 2.75) is 105 Å². The van der Waals surface area contributed by atoms with Crippen LogP contribution in [0.1, 0.15) is 105 Å². The summed E-state index contributed by atoms with van der Waals surface area (Å²) in [6.45, 7) is 11.7. The van der Waals surface area contributed by atoms with Gasteiger partial charge in [-0.1, -0.05) is 60.3 Å². The smallest absolute Gasteiger partial charge is 0.0459 e. The lowest BCUT2D eigenvalue weighted by molar-refractivity contribution is -0.0660. The Labute approximate surface area is 170 Å². The van der Waals surface area contributed by atoms with Gasteiger partial charge in [0.25, 0.3) is 0 Å². The molecule has 8 unspecified atom stereocenters. The first-order valence-corrected chi connectivity index (χ1v) is 12.7. The largest absolute Gasteiger partial charge is 0.396 e. The van der Waals surface area contributed by atoms with E-state index in [0.29, 0.717) is 17.9 Å². The van der Waals surface area contributed by atoms with Crippen molar-refractivity contribution >= 4 is 0 Å². The normalized spacial score (nSPS) is 44.7. The molecule has 1 nitrogen and oxygen atoms in total. The van der Waals surface area contributed by atoms with Crippen LogP contribution in [0, 0.1) is 52.8 Å². The van der Waals surface area contributed by atoms with Gasteiger partial charge >= 0.3 is 0 Å². The highest BCUT2D eigenvalue weighted by Crippen LogP contribution is 2.65. The van der Waals surface area contributed by atoms with Crippen molar-refractivity contribution < 1.29 is 5.11 Å². The lowest BCUT2D eigenvalue weighted by atomic mass is 9.50. The second-order valence-corrected chi connectivity index (χ2v) is 10.8. The van der Waals surface area contributed by atoms with E-state index >= 15 is 0 Å². The first-order chi connectivity index (χ1) is 13.1. The molecule has 158 valence electrons. The fourth-order valence-electron chi connectivity index (χ4n) is 8.19. The molecule has 0 amide bonds. The second-order valence-electron chi connectivity index (χ2n) is 10.8. The maximum atomic E-state index is 9.77. The zero-order valence-electron chi connectivity index (χ0n) is 19.1. The first kappa shape index (κ1) is 21.7. The molecule has 0 radical (unpaired) electrons. The number of aliphatic hydroxyl groups excluding tert-OH is 1. The lowest BCUT2D eigenvalue weighted by Crippen LogP contribution is -2.48. The number of hydrogen-bond acceptors (Lipinski definition) is 1. The molecule has 0 aromatic carbocycles. The Balaban J connectivity index is 0.00000102. The van der Waals surface area contributed by atoms with E-state index in [0.717, 1.165) is 41.4 Å².